The van der Waals surface area contributed by atoms with Crippen LogP contribution in [0.5, 0.6) is 0 Å². The molecule has 1 aliphatic heterocycles. The molecular weight excluding hydrogens is 467 g/mol. The molecule has 10 heteroatoms. The van der Waals surface area contributed by atoms with E-state index in [1.54, 1.807) is 10.4 Å². The van der Waals surface area contributed by atoms with Crippen LogP contribution in [0.25, 0.3) is 0 Å². The van der Waals surface area contributed by atoms with Crippen LogP contribution in [0.3, 0.4) is 0 Å². The van der Waals surface area contributed by atoms with E-state index in [0.717, 1.165) is 0 Å². The minimum Gasteiger partial charge on any atom is -0.349 e. The van der Waals surface area contributed by atoms with Gasteiger partial charge in [-0.05, 0) is 54.9 Å². The molecule has 0 aliphatic carbocycles. The van der Waals surface area contributed by atoms with Crippen molar-refractivity contribution in [3.05, 3.63) is 35.6 Å². The first-order chi connectivity index (χ1) is 16.8. The first-order valence-corrected chi connectivity index (χ1v) is 12.4. The van der Waals surface area contributed by atoms with Gasteiger partial charge in [0.15, 0.2) is 0 Å². The monoisotopic (exact) mass is 506 g/mol. The molecule has 4 N–H and O–H groups in total. The molecule has 4 amide bonds. The number of nitrogens with zero attached hydrogens (tertiary/aromatic N) is 1. The molecule has 0 aromatic heterocycles. The number of hydrogen-bond acceptors (Lipinski definition) is 5. The number of hydrogen-bond donors (Lipinski definition) is 4. The maximum absolute atomic E-state index is 13.5. The zero-order valence-electron chi connectivity index (χ0n) is 21.8. The Labute approximate surface area is 212 Å². The van der Waals surface area contributed by atoms with E-state index in [4.69, 9.17) is 5.21 Å². The average Bonchev–Trinajstić information content (AvgIpc) is 2.81. The Kier molecular flexibility index (Phi) is 10.4. The van der Waals surface area contributed by atoms with E-state index < -0.39 is 35.0 Å². The predicted molar refractivity (Wildman–Crippen MR) is 132 cm³/mol. The van der Waals surface area contributed by atoms with Crippen LogP contribution in [-0.4, -0.2) is 58.9 Å². The second kappa shape index (κ2) is 12.8. The van der Waals surface area contributed by atoms with E-state index in [1.807, 2.05) is 34.6 Å². The summed E-state index contributed by atoms with van der Waals surface area (Å²) in [5.41, 5.74) is 1.36. The lowest BCUT2D eigenvalue weighted by molar-refractivity contribution is -0.142. The van der Waals surface area contributed by atoms with Gasteiger partial charge in [0, 0.05) is 37.0 Å². The summed E-state index contributed by atoms with van der Waals surface area (Å²) in [4.78, 5) is 52.4. The van der Waals surface area contributed by atoms with Crippen molar-refractivity contribution in [2.45, 2.75) is 72.4 Å². The number of amides is 4. The number of nitrogens with one attached hydrogen (secondary N) is 3. The van der Waals surface area contributed by atoms with Gasteiger partial charge >= 0.3 is 0 Å². The maximum Gasteiger partial charge on any atom is 0.251 e. The molecule has 1 fully saturated rings. The van der Waals surface area contributed by atoms with Crippen LogP contribution in [0, 0.1) is 23.1 Å². The topological polar surface area (TPSA) is 128 Å². The number of piperidine rings is 1. The number of halogens is 1. The molecule has 1 heterocycles. The van der Waals surface area contributed by atoms with E-state index in [9.17, 15) is 23.6 Å². The summed E-state index contributed by atoms with van der Waals surface area (Å²) in [5.74, 6) is -2.51. The molecule has 0 spiro atoms. The van der Waals surface area contributed by atoms with Gasteiger partial charge in [-0.2, -0.15) is 0 Å². The highest BCUT2D eigenvalue weighted by Gasteiger charge is 2.38. The number of hydroxylamine groups is 1. The van der Waals surface area contributed by atoms with Crippen molar-refractivity contribution >= 4 is 23.6 Å². The summed E-state index contributed by atoms with van der Waals surface area (Å²) in [6.45, 7) is 10.3. The van der Waals surface area contributed by atoms with E-state index in [2.05, 4.69) is 10.6 Å². The number of likely N-dealkylation sites (tertiary alicyclic amines) is 1. The van der Waals surface area contributed by atoms with Crippen LogP contribution in [0.4, 0.5) is 4.39 Å². The normalized spacial score (nSPS) is 16.3. The lowest BCUT2D eigenvalue weighted by atomic mass is 9.84. The minimum atomic E-state index is -0.804. The van der Waals surface area contributed by atoms with Gasteiger partial charge in [0.1, 0.15) is 11.9 Å². The highest BCUT2D eigenvalue weighted by Crippen LogP contribution is 2.25. The molecule has 1 aromatic carbocycles. The third kappa shape index (κ3) is 8.58. The third-order valence-electron chi connectivity index (χ3n) is 6.33. The minimum absolute atomic E-state index is 0.123. The second-order valence-corrected chi connectivity index (χ2v) is 11.0. The molecule has 0 radical (unpaired) electrons. The van der Waals surface area contributed by atoms with Gasteiger partial charge in [0.05, 0.1) is 0 Å². The first-order valence-electron chi connectivity index (χ1n) is 12.4. The summed E-state index contributed by atoms with van der Waals surface area (Å²) in [5, 5.41) is 14.7. The molecule has 2 rings (SSSR count). The Morgan fingerprint density at radius 3 is 2.17 bits per heavy atom. The van der Waals surface area contributed by atoms with E-state index in [-0.39, 0.29) is 30.2 Å². The van der Waals surface area contributed by atoms with Crippen molar-refractivity contribution in [3.63, 3.8) is 0 Å². The third-order valence-corrected chi connectivity index (χ3v) is 6.33. The first kappa shape index (κ1) is 29.2. The Bertz CT molecular complexity index is 921. The van der Waals surface area contributed by atoms with Crippen molar-refractivity contribution < 1.29 is 28.8 Å². The Morgan fingerprint density at radius 2 is 1.67 bits per heavy atom. The van der Waals surface area contributed by atoms with E-state index >= 15 is 0 Å². The van der Waals surface area contributed by atoms with Crippen LogP contribution >= 0.6 is 0 Å². The fraction of sp³-hybridized carbons (Fsp3) is 0.615. The van der Waals surface area contributed by atoms with Gasteiger partial charge in [-0.25, -0.2) is 9.87 Å². The van der Waals surface area contributed by atoms with Crippen molar-refractivity contribution in [2.75, 3.05) is 13.1 Å². The van der Waals surface area contributed by atoms with Crippen LogP contribution in [-0.2, 0) is 14.4 Å². The second-order valence-electron chi connectivity index (χ2n) is 11.0. The van der Waals surface area contributed by atoms with Gasteiger partial charge in [0.25, 0.3) is 5.91 Å². The highest BCUT2D eigenvalue weighted by molar-refractivity contribution is 5.94. The summed E-state index contributed by atoms with van der Waals surface area (Å²) in [6, 6.07) is 4.40. The smallest absolute Gasteiger partial charge is 0.251 e. The quantitative estimate of drug-likeness (QED) is 0.302. The lowest BCUT2D eigenvalue weighted by Gasteiger charge is -2.39. The van der Waals surface area contributed by atoms with E-state index in [0.29, 0.717) is 37.9 Å². The number of benzene rings is 1. The van der Waals surface area contributed by atoms with Gasteiger partial charge in [-0.1, -0.05) is 34.6 Å². The van der Waals surface area contributed by atoms with Crippen molar-refractivity contribution in [1.82, 2.24) is 21.0 Å². The Hall–Kier alpha value is -3.01. The fourth-order valence-corrected chi connectivity index (χ4v) is 4.33. The fourth-order valence-electron chi connectivity index (χ4n) is 4.33. The molecule has 0 unspecified atom stereocenters. The van der Waals surface area contributed by atoms with Crippen LogP contribution in [0.15, 0.2) is 24.3 Å². The largest absolute Gasteiger partial charge is 0.349 e. The van der Waals surface area contributed by atoms with Crippen molar-refractivity contribution in [2.24, 2.45) is 17.3 Å². The zero-order chi connectivity index (χ0) is 27.0. The number of carbonyl (C=O) groups is 4. The highest BCUT2D eigenvalue weighted by atomic mass is 19.1. The van der Waals surface area contributed by atoms with Crippen LogP contribution < -0.4 is 16.1 Å². The summed E-state index contributed by atoms with van der Waals surface area (Å²) >= 11 is 0. The Morgan fingerprint density at radius 1 is 1.08 bits per heavy atom. The summed E-state index contributed by atoms with van der Waals surface area (Å²) < 4.78 is 13.1. The standard InChI is InChI=1S/C26H39FN4O5/c1-16(2)14-18(15-21(32)30-36)24(34)29-22(26(3,4)5)25(35)31-12-10-20(11-13-31)28-23(33)17-6-8-19(27)9-7-17/h6-9,16,18,20,22,36H,10-15H2,1-5H3,(H,28,33)(H,29,34)(H,30,32)/t18-,22-/m0/s1. The number of carbonyl (C=O) groups excluding carboxylic acids is 4. The van der Waals surface area contributed by atoms with Crippen LogP contribution in [0.2, 0.25) is 0 Å². The van der Waals surface area contributed by atoms with Gasteiger partial charge in [0.2, 0.25) is 17.7 Å². The maximum atomic E-state index is 13.5. The molecule has 1 aliphatic rings. The molecule has 9 nitrogen and oxygen atoms in total. The van der Waals surface area contributed by atoms with Gasteiger partial charge in [-0.3, -0.25) is 24.4 Å². The summed E-state index contributed by atoms with van der Waals surface area (Å²) in [7, 11) is 0. The molecule has 36 heavy (non-hydrogen) atoms. The molecule has 200 valence electrons. The zero-order valence-corrected chi connectivity index (χ0v) is 21.8. The molecular formula is C26H39FN4O5. The van der Waals surface area contributed by atoms with Crippen LogP contribution in [0.1, 0.15) is 70.7 Å². The average molecular weight is 507 g/mol. The Balaban J connectivity index is 2.01. The molecule has 1 aromatic rings. The van der Waals surface area contributed by atoms with Crippen molar-refractivity contribution in [1.29, 1.82) is 0 Å². The van der Waals surface area contributed by atoms with Gasteiger partial charge < -0.3 is 15.5 Å². The van der Waals surface area contributed by atoms with Gasteiger partial charge in [-0.15, -0.1) is 0 Å². The predicted octanol–water partition coefficient (Wildman–Crippen LogP) is 2.64. The molecule has 1 saturated heterocycles. The molecule has 2 atom stereocenters. The van der Waals surface area contributed by atoms with E-state index in [1.165, 1.54) is 24.3 Å². The lowest BCUT2D eigenvalue weighted by Crippen LogP contribution is -2.58. The number of rotatable bonds is 9. The summed E-state index contributed by atoms with van der Waals surface area (Å²) in [6.07, 6.45) is 1.36. The molecule has 0 saturated carbocycles. The van der Waals surface area contributed by atoms with Crippen molar-refractivity contribution in [3.8, 4) is 0 Å². The molecule has 0 bridgehead atoms. The SMILES string of the molecule is CC(C)C[C@@H](CC(=O)NO)C(=O)N[C@@H](C(=O)N1CCC(NC(=O)c2ccc(F)cc2)CC1)C(C)(C)C.